The Balaban J connectivity index is 1.16. The van der Waals surface area contributed by atoms with Crippen LogP contribution in [0.1, 0.15) is 12.8 Å². The van der Waals surface area contributed by atoms with Crippen LogP contribution in [-0.4, -0.2) is 104 Å². The van der Waals surface area contributed by atoms with Gasteiger partial charge in [0.15, 0.2) is 17.5 Å². The molecule has 35 heavy (non-hydrogen) atoms. The van der Waals surface area contributed by atoms with Gasteiger partial charge in [0.2, 0.25) is 5.96 Å². The van der Waals surface area contributed by atoms with Crippen molar-refractivity contribution in [2.45, 2.75) is 18.9 Å². The van der Waals surface area contributed by atoms with E-state index in [9.17, 15) is 13.6 Å². The normalized spacial score (nSPS) is 21.7. The van der Waals surface area contributed by atoms with Gasteiger partial charge in [-0.1, -0.05) is 0 Å². The highest BCUT2D eigenvalue weighted by Gasteiger charge is 2.33. The zero-order valence-corrected chi connectivity index (χ0v) is 19.9. The van der Waals surface area contributed by atoms with Crippen molar-refractivity contribution in [3.8, 4) is 5.75 Å². The van der Waals surface area contributed by atoms with E-state index in [0.29, 0.717) is 57.8 Å². The largest absolute Gasteiger partial charge is 0.492 e. The summed E-state index contributed by atoms with van der Waals surface area (Å²) in [4.78, 5) is 26.2. The Morgan fingerprint density at radius 3 is 2.43 bits per heavy atom. The number of piperazine rings is 1. The Hall–Kier alpha value is -3.12. The van der Waals surface area contributed by atoms with E-state index in [1.165, 1.54) is 12.1 Å². The van der Waals surface area contributed by atoms with Gasteiger partial charge in [0, 0.05) is 64.1 Å². The average Bonchev–Trinajstić information content (AvgIpc) is 3.21. The molecule has 2 saturated heterocycles. The molecule has 0 spiro atoms. The Labute approximate surface area is 203 Å². The second-order valence-corrected chi connectivity index (χ2v) is 9.42. The van der Waals surface area contributed by atoms with Crippen molar-refractivity contribution in [3.05, 3.63) is 35.8 Å². The SMILES string of the molecule is CN1C=C2N=C(N3CCN(c4c(F)cc(OCCN5CCC(N)CC5)cc4F)CC3)NC(=O)N2C1. The molecule has 0 saturated carbocycles. The number of guanidine groups is 1. The van der Waals surface area contributed by atoms with E-state index in [0.717, 1.165) is 25.9 Å². The number of piperidine rings is 1. The number of hydrogen-bond donors (Lipinski definition) is 2. The molecule has 1 aromatic rings. The minimum atomic E-state index is -0.643. The maximum Gasteiger partial charge on any atom is 0.331 e. The third-order valence-electron chi connectivity index (χ3n) is 6.86. The molecular weight excluding hydrogens is 458 g/mol. The summed E-state index contributed by atoms with van der Waals surface area (Å²) in [7, 11) is 1.87. The second kappa shape index (κ2) is 9.86. The molecule has 0 aromatic heterocycles. The molecule has 190 valence electrons. The topological polar surface area (TPSA) is 92.9 Å². The molecule has 0 aliphatic carbocycles. The van der Waals surface area contributed by atoms with E-state index in [4.69, 9.17) is 10.5 Å². The molecule has 0 radical (unpaired) electrons. The first-order valence-electron chi connectivity index (χ1n) is 12.1. The molecule has 4 aliphatic rings. The van der Waals surface area contributed by atoms with E-state index in [1.54, 1.807) is 9.80 Å². The van der Waals surface area contributed by atoms with Crippen molar-refractivity contribution >= 4 is 17.7 Å². The summed E-state index contributed by atoms with van der Waals surface area (Å²) in [6, 6.07) is 2.53. The fraction of sp³-hybridized carbons (Fsp3) is 0.565. The number of amides is 2. The summed E-state index contributed by atoms with van der Waals surface area (Å²) >= 11 is 0. The molecule has 2 fully saturated rings. The molecule has 0 unspecified atom stereocenters. The van der Waals surface area contributed by atoms with Crippen LogP contribution in [0.15, 0.2) is 29.1 Å². The van der Waals surface area contributed by atoms with Crippen molar-refractivity contribution in [2.24, 2.45) is 10.7 Å². The number of carbonyl (C=O) groups is 1. The van der Waals surface area contributed by atoms with Crippen molar-refractivity contribution in [2.75, 3.05) is 71.0 Å². The van der Waals surface area contributed by atoms with Gasteiger partial charge < -0.3 is 25.2 Å². The first-order chi connectivity index (χ1) is 16.9. The number of halogens is 2. The smallest absolute Gasteiger partial charge is 0.331 e. The molecule has 12 heteroatoms. The van der Waals surface area contributed by atoms with Gasteiger partial charge in [0.25, 0.3) is 0 Å². The maximum absolute atomic E-state index is 14.9. The van der Waals surface area contributed by atoms with Crippen LogP contribution in [0.5, 0.6) is 5.75 Å². The lowest BCUT2D eigenvalue weighted by Crippen LogP contribution is -2.57. The highest BCUT2D eigenvalue weighted by molar-refractivity contribution is 5.99. The first-order valence-corrected chi connectivity index (χ1v) is 12.1. The number of carbonyl (C=O) groups excluding carboxylic acids is 1. The Bertz CT molecular complexity index is 996. The number of nitrogens with zero attached hydrogens (tertiary/aromatic N) is 6. The fourth-order valence-electron chi connectivity index (χ4n) is 4.85. The van der Waals surface area contributed by atoms with Crippen LogP contribution in [0.4, 0.5) is 19.3 Å². The highest BCUT2D eigenvalue weighted by atomic mass is 19.1. The molecule has 0 bridgehead atoms. The number of nitrogens with two attached hydrogens (primary N) is 1. The molecule has 3 N–H and O–H groups in total. The van der Waals surface area contributed by atoms with E-state index in [-0.39, 0.29) is 23.5 Å². The Kier molecular flexibility index (Phi) is 6.65. The number of fused-ring (bicyclic) bond motifs is 1. The number of ether oxygens (including phenoxy) is 1. The number of aliphatic imine (C=N–C) groups is 1. The quantitative estimate of drug-likeness (QED) is 0.636. The van der Waals surface area contributed by atoms with Crippen LogP contribution >= 0.6 is 0 Å². The number of urea groups is 1. The maximum atomic E-state index is 14.9. The van der Waals surface area contributed by atoms with Gasteiger partial charge in [-0.15, -0.1) is 0 Å². The lowest BCUT2D eigenvalue weighted by Gasteiger charge is -2.39. The van der Waals surface area contributed by atoms with Gasteiger partial charge in [-0.2, -0.15) is 4.99 Å². The molecule has 10 nitrogen and oxygen atoms in total. The van der Waals surface area contributed by atoms with E-state index < -0.39 is 11.6 Å². The third kappa shape index (κ3) is 5.13. The summed E-state index contributed by atoms with van der Waals surface area (Å²) < 4.78 is 35.5. The van der Waals surface area contributed by atoms with Crippen LogP contribution in [0, 0.1) is 11.6 Å². The minimum Gasteiger partial charge on any atom is -0.492 e. The molecule has 4 heterocycles. The van der Waals surface area contributed by atoms with E-state index in [1.807, 2.05) is 23.0 Å². The highest BCUT2D eigenvalue weighted by Crippen LogP contribution is 2.29. The van der Waals surface area contributed by atoms with E-state index >= 15 is 0 Å². The van der Waals surface area contributed by atoms with Gasteiger partial charge in [-0.05, 0) is 25.9 Å². The van der Waals surface area contributed by atoms with Crippen LogP contribution in [-0.2, 0) is 0 Å². The summed E-state index contributed by atoms with van der Waals surface area (Å²) in [5.74, 6) is -0.0428. The van der Waals surface area contributed by atoms with Crippen LogP contribution in [0.25, 0.3) is 0 Å². The summed E-state index contributed by atoms with van der Waals surface area (Å²) in [5, 5.41) is 2.81. The number of benzene rings is 1. The average molecular weight is 491 g/mol. The standard InChI is InChI=1S/C23H32F2N8O2/c1-29-14-20-27-22(28-23(34)33(20)15-29)32-8-6-31(7-9-32)21-18(24)12-17(13-19(21)25)35-11-10-30-4-2-16(26)3-5-30/h12-14,16H,2-11,15,26H2,1H3,(H,27,28,34). The van der Waals surface area contributed by atoms with Gasteiger partial charge in [-0.25, -0.2) is 13.6 Å². The van der Waals surface area contributed by atoms with Crippen LogP contribution < -0.4 is 20.7 Å². The predicted octanol–water partition coefficient (Wildman–Crippen LogP) is 0.972. The molecule has 2 amide bonds. The summed E-state index contributed by atoms with van der Waals surface area (Å²) in [6.45, 7) is 5.08. The first kappa shape index (κ1) is 23.6. The lowest BCUT2D eigenvalue weighted by molar-refractivity contribution is 0.173. The molecule has 4 aliphatic heterocycles. The third-order valence-corrected chi connectivity index (χ3v) is 6.86. The van der Waals surface area contributed by atoms with Crippen molar-refractivity contribution in [1.29, 1.82) is 0 Å². The zero-order chi connectivity index (χ0) is 24.5. The fourth-order valence-corrected chi connectivity index (χ4v) is 4.85. The second-order valence-electron chi connectivity index (χ2n) is 9.42. The summed E-state index contributed by atoms with van der Waals surface area (Å²) in [5.41, 5.74) is 5.87. The molecule has 5 rings (SSSR count). The van der Waals surface area contributed by atoms with E-state index in [2.05, 4.69) is 15.2 Å². The van der Waals surface area contributed by atoms with Gasteiger partial charge >= 0.3 is 6.03 Å². The molecule has 1 aromatic carbocycles. The Morgan fingerprint density at radius 1 is 1.09 bits per heavy atom. The minimum absolute atomic E-state index is 0.0528. The summed E-state index contributed by atoms with van der Waals surface area (Å²) in [6.07, 6.45) is 3.72. The van der Waals surface area contributed by atoms with Crippen molar-refractivity contribution in [1.82, 2.24) is 24.9 Å². The molecular formula is C23H32F2N8O2. The van der Waals surface area contributed by atoms with Crippen molar-refractivity contribution < 1.29 is 18.3 Å². The van der Waals surface area contributed by atoms with Crippen LogP contribution in [0.3, 0.4) is 0 Å². The van der Waals surface area contributed by atoms with Gasteiger partial charge in [-0.3, -0.25) is 15.1 Å². The van der Waals surface area contributed by atoms with Gasteiger partial charge in [0.05, 0.1) is 0 Å². The zero-order valence-electron chi connectivity index (χ0n) is 19.9. The van der Waals surface area contributed by atoms with Gasteiger partial charge in [0.1, 0.15) is 24.7 Å². The lowest BCUT2D eigenvalue weighted by atomic mass is 10.1. The Morgan fingerprint density at radius 2 is 1.74 bits per heavy atom. The number of likely N-dealkylation sites (tertiary alicyclic amines) is 1. The van der Waals surface area contributed by atoms with Crippen molar-refractivity contribution in [3.63, 3.8) is 0 Å². The number of anilines is 1. The monoisotopic (exact) mass is 490 g/mol. The number of hydrogen-bond acceptors (Lipinski definition) is 8. The number of nitrogens with one attached hydrogen (secondary N) is 1. The molecule has 0 atom stereocenters. The van der Waals surface area contributed by atoms with Crippen LogP contribution in [0.2, 0.25) is 0 Å². The predicted molar refractivity (Wildman–Crippen MR) is 128 cm³/mol. The number of rotatable bonds is 5.